The Morgan fingerprint density at radius 1 is 1.47 bits per heavy atom. The molecule has 0 bridgehead atoms. The van der Waals surface area contributed by atoms with Crippen LogP contribution in [0.5, 0.6) is 5.75 Å². The molecular weight excluding hydrogens is 240 g/mol. The van der Waals surface area contributed by atoms with Crippen LogP contribution in [0.4, 0.5) is 0 Å². The van der Waals surface area contributed by atoms with Gasteiger partial charge in [0.1, 0.15) is 11.9 Å². The zero-order chi connectivity index (χ0) is 12.4. The van der Waals surface area contributed by atoms with Crippen molar-refractivity contribution in [2.24, 2.45) is 0 Å². The van der Waals surface area contributed by atoms with Gasteiger partial charge in [-0.25, -0.2) is 0 Å². The maximum Gasteiger partial charge on any atom is 0.163 e. The molecule has 1 aliphatic rings. The highest BCUT2D eigenvalue weighted by atomic mass is 35.5. The fourth-order valence-corrected chi connectivity index (χ4v) is 2.26. The molecule has 1 aliphatic carbocycles. The minimum atomic E-state index is -0.439. The van der Waals surface area contributed by atoms with Crippen molar-refractivity contribution in [2.75, 3.05) is 0 Å². The SMILES string of the molecule is CC(=O)c1cc(Cl)ccc1OC1CCCC1O. The summed E-state index contributed by atoms with van der Waals surface area (Å²) in [6, 6.07) is 4.97. The minimum Gasteiger partial charge on any atom is -0.487 e. The van der Waals surface area contributed by atoms with Gasteiger partial charge >= 0.3 is 0 Å². The number of aliphatic hydroxyl groups is 1. The molecule has 0 aliphatic heterocycles. The van der Waals surface area contributed by atoms with E-state index in [0.29, 0.717) is 16.3 Å². The third-order valence-corrected chi connectivity index (χ3v) is 3.25. The molecule has 2 unspecified atom stereocenters. The summed E-state index contributed by atoms with van der Waals surface area (Å²) in [5.74, 6) is 0.419. The number of ether oxygens (including phenoxy) is 1. The largest absolute Gasteiger partial charge is 0.487 e. The van der Waals surface area contributed by atoms with E-state index >= 15 is 0 Å². The Labute approximate surface area is 105 Å². The molecular formula is C13H15ClO3. The molecule has 1 aromatic rings. The predicted octanol–water partition coefficient (Wildman–Crippen LogP) is 2.83. The van der Waals surface area contributed by atoms with Gasteiger partial charge in [-0.1, -0.05) is 11.6 Å². The summed E-state index contributed by atoms with van der Waals surface area (Å²) in [6.45, 7) is 1.48. The van der Waals surface area contributed by atoms with Crippen LogP contribution in [-0.4, -0.2) is 23.1 Å². The lowest BCUT2D eigenvalue weighted by molar-refractivity contribution is 0.0594. The van der Waals surface area contributed by atoms with Gasteiger partial charge in [0.25, 0.3) is 0 Å². The number of ketones is 1. The highest BCUT2D eigenvalue weighted by Crippen LogP contribution is 2.29. The highest BCUT2D eigenvalue weighted by Gasteiger charge is 2.27. The first-order chi connectivity index (χ1) is 8.08. The average Bonchev–Trinajstić information content (AvgIpc) is 2.67. The van der Waals surface area contributed by atoms with E-state index in [2.05, 4.69) is 0 Å². The van der Waals surface area contributed by atoms with Crippen molar-refractivity contribution in [3.05, 3.63) is 28.8 Å². The first-order valence-electron chi connectivity index (χ1n) is 5.73. The van der Waals surface area contributed by atoms with Crippen molar-refractivity contribution in [1.82, 2.24) is 0 Å². The Morgan fingerprint density at radius 3 is 2.82 bits per heavy atom. The number of hydrogen-bond acceptors (Lipinski definition) is 3. The van der Waals surface area contributed by atoms with E-state index in [1.54, 1.807) is 18.2 Å². The molecule has 3 nitrogen and oxygen atoms in total. The number of benzene rings is 1. The van der Waals surface area contributed by atoms with Crippen molar-refractivity contribution in [2.45, 2.75) is 38.4 Å². The van der Waals surface area contributed by atoms with E-state index < -0.39 is 6.10 Å². The molecule has 2 atom stereocenters. The molecule has 0 saturated heterocycles. The van der Waals surface area contributed by atoms with Crippen molar-refractivity contribution >= 4 is 17.4 Å². The lowest BCUT2D eigenvalue weighted by Crippen LogP contribution is -2.26. The van der Waals surface area contributed by atoms with Crippen LogP contribution in [0.3, 0.4) is 0 Å². The second-order valence-electron chi connectivity index (χ2n) is 4.35. The standard InChI is InChI=1S/C13H15ClO3/c1-8(15)10-7-9(14)5-6-12(10)17-13-4-2-3-11(13)16/h5-7,11,13,16H,2-4H2,1H3. The van der Waals surface area contributed by atoms with Crippen molar-refractivity contribution in [3.8, 4) is 5.75 Å². The van der Waals surface area contributed by atoms with E-state index in [0.717, 1.165) is 19.3 Å². The van der Waals surface area contributed by atoms with Crippen LogP contribution in [0.1, 0.15) is 36.5 Å². The second kappa shape index (κ2) is 5.07. The van der Waals surface area contributed by atoms with E-state index in [-0.39, 0.29) is 11.9 Å². The maximum absolute atomic E-state index is 11.5. The van der Waals surface area contributed by atoms with Crippen LogP contribution < -0.4 is 4.74 Å². The maximum atomic E-state index is 11.5. The number of carbonyl (C=O) groups excluding carboxylic acids is 1. The number of carbonyl (C=O) groups is 1. The van der Waals surface area contributed by atoms with Crippen molar-refractivity contribution in [3.63, 3.8) is 0 Å². The van der Waals surface area contributed by atoms with Crippen LogP contribution in [0.15, 0.2) is 18.2 Å². The number of aliphatic hydroxyl groups excluding tert-OH is 1. The Bertz CT molecular complexity index is 431. The quantitative estimate of drug-likeness (QED) is 0.844. The summed E-state index contributed by atoms with van der Waals surface area (Å²) in [7, 11) is 0. The van der Waals surface area contributed by atoms with Crippen LogP contribution in [0.2, 0.25) is 5.02 Å². The topological polar surface area (TPSA) is 46.5 Å². The minimum absolute atomic E-state index is 0.0880. The van der Waals surface area contributed by atoms with Crippen LogP contribution >= 0.6 is 11.6 Å². The summed E-state index contributed by atoms with van der Waals surface area (Å²) >= 11 is 5.85. The summed E-state index contributed by atoms with van der Waals surface area (Å²) in [5.41, 5.74) is 0.469. The lowest BCUT2D eigenvalue weighted by Gasteiger charge is -2.18. The molecule has 2 rings (SSSR count). The fourth-order valence-electron chi connectivity index (χ4n) is 2.09. The third kappa shape index (κ3) is 2.79. The van der Waals surface area contributed by atoms with Gasteiger partial charge in [-0.2, -0.15) is 0 Å². The van der Waals surface area contributed by atoms with Crippen LogP contribution in [0.25, 0.3) is 0 Å². The molecule has 4 heteroatoms. The number of Topliss-reactive ketones (excluding diaryl/α,β-unsaturated/α-hetero) is 1. The van der Waals surface area contributed by atoms with Crippen LogP contribution in [0, 0.1) is 0 Å². The summed E-state index contributed by atoms with van der Waals surface area (Å²) in [4.78, 5) is 11.5. The van der Waals surface area contributed by atoms with Gasteiger partial charge in [-0.05, 0) is 44.4 Å². The summed E-state index contributed by atoms with van der Waals surface area (Å²) in [6.07, 6.45) is 1.88. The molecule has 0 spiro atoms. The number of halogens is 1. The van der Waals surface area contributed by atoms with E-state index in [1.807, 2.05) is 0 Å². The Morgan fingerprint density at radius 2 is 2.24 bits per heavy atom. The van der Waals surface area contributed by atoms with Crippen molar-refractivity contribution in [1.29, 1.82) is 0 Å². The van der Waals surface area contributed by atoms with Gasteiger partial charge in [0.05, 0.1) is 11.7 Å². The number of hydrogen-bond donors (Lipinski definition) is 1. The molecule has 1 aromatic carbocycles. The molecule has 1 N–H and O–H groups in total. The van der Waals surface area contributed by atoms with E-state index in [1.165, 1.54) is 6.92 Å². The normalized spacial score (nSPS) is 23.7. The summed E-state index contributed by atoms with van der Waals surface area (Å²) < 4.78 is 5.71. The molecule has 17 heavy (non-hydrogen) atoms. The van der Waals surface area contributed by atoms with Crippen molar-refractivity contribution < 1.29 is 14.6 Å². The first kappa shape index (κ1) is 12.4. The van der Waals surface area contributed by atoms with Gasteiger partial charge in [0.2, 0.25) is 0 Å². The van der Waals surface area contributed by atoms with E-state index in [9.17, 15) is 9.90 Å². The smallest absolute Gasteiger partial charge is 0.163 e. The molecule has 0 aromatic heterocycles. The molecule has 92 valence electrons. The molecule has 0 heterocycles. The van der Waals surface area contributed by atoms with Gasteiger partial charge in [0.15, 0.2) is 5.78 Å². The van der Waals surface area contributed by atoms with Gasteiger partial charge in [0, 0.05) is 5.02 Å². The van der Waals surface area contributed by atoms with Gasteiger partial charge in [-0.3, -0.25) is 4.79 Å². The van der Waals surface area contributed by atoms with Gasteiger partial charge < -0.3 is 9.84 Å². The third-order valence-electron chi connectivity index (χ3n) is 3.02. The molecule has 0 amide bonds. The average molecular weight is 255 g/mol. The number of rotatable bonds is 3. The fraction of sp³-hybridized carbons (Fsp3) is 0.462. The first-order valence-corrected chi connectivity index (χ1v) is 6.11. The zero-order valence-corrected chi connectivity index (χ0v) is 10.4. The van der Waals surface area contributed by atoms with Gasteiger partial charge in [-0.15, -0.1) is 0 Å². The highest BCUT2D eigenvalue weighted by molar-refractivity contribution is 6.31. The second-order valence-corrected chi connectivity index (χ2v) is 4.79. The Kier molecular flexibility index (Phi) is 3.69. The Hall–Kier alpha value is -1.06. The summed E-state index contributed by atoms with van der Waals surface area (Å²) in [5, 5.41) is 10.2. The monoisotopic (exact) mass is 254 g/mol. The predicted molar refractivity (Wildman–Crippen MR) is 65.7 cm³/mol. The van der Waals surface area contributed by atoms with E-state index in [4.69, 9.17) is 16.3 Å². The lowest BCUT2D eigenvalue weighted by atomic mass is 10.1. The van der Waals surface area contributed by atoms with Crippen LogP contribution in [-0.2, 0) is 0 Å². The molecule has 1 saturated carbocycles. The molecule has 0 radical (unpaired) electrons. The Balaban J connectivity index is 2.22. The molecule has 1 fully saturated rings. The zero-order valence-electron chi connectivity index (χ0n) is 9.65.